The number of rotatable bonds is 7. The van der Waals surface area contributed by atoms with E-state index in [1.807, 2.05) is 0 Å². The minimum absolute atomic E-state index is 0.648. The summed E-state index contributed by atoms with van der Waals surface area (Å²) in [5, 5.41) is 3.63. The summed E-state index contributed by atoms with van der Waals surface area (Å²) < 4.78 is 5.19. The van der Waals surface area contributed by atoms with Gasteiger partial charge in [-0.2, -0.15) is 0 Å². The highest BCUT2D eigenvalue weighted by Crippen LogP contribution is 2.12. The second-order valence-electron chi connectivity index (χ2n) is 5.11. The molecule has 1 N–H and O–H groups in total. The smallest absolute Gasteiger partial charge is 0.0500 e. The van der Waals surface area contributed by atoms with Crippen molar-refractivity contribution in [2.45, 2.75) is 39.2 Å². The van der Waals surface area contributed by atoms with Gasteiger partial charge in [-0.05, 0) is 38.3 Å². The van der Waals surface area contributed by atoms with Gasteiger partial charge >= 0.3 is 0 Å². The molecule has 0 aromatic heterocycles. The second kappa shape index (κ2) is 8.04. The first-order chi connectivity index (χ1) is 7.76. The van der Waals surface area contributed by atoms with Crippen molar-refractivity contribution in [1.29, 1.82) is 0 Å². The fourth-order valence-electron chi connectivity index (χ4n) is 2.51. The van der Waals surface area contributed by atoms with Gasteiger partial charge in [-0.25, -0.2) is 0 Å². The lowest BCUT2D eigenvalue weighted by Crippen LogP contribution is -2.47. The van der Waals surface area contributed by atoms with Gasteiger partial charge in [-0.3, -0.25) is 0 Å². The van der Waals surface area contributed by atoms with E-state index in [0.717, 1.165) is 13.2 Å². The van der Waals surface area contributed by atoms with Gasteiger partial charge in [0.05, 0.1) is 0 Å². The summed E-state index contributed by atoms with van der Waals surface area (Å²) >= 11 is 0. The Bertz CT molecular complexity index is 175. The Morgan fingerprint density at radius 3 is 3.00 bits per heavy atom. The minimum atomic E-state index is 0.648. The SMILES string of the molecule is CCCNC1CCCN(CC(C)COC)C1. The molecule has 0 saturated carbocycles. The largest absolute Gasteiger partial charge is 0.384 e. The van der Waals surface area contributed by atoms with Crippen molar-refractivity contribution in [2.75, 3.05) is 39.9 Å². The van der Waals surface area contributed by atoms with Crippen LogP contribution in [-0.2, 0) is 4.74 Å². The van der Waals surface area contributed by atoms with Crippen LogP contribution >= 0.6 is 0 Å². The van der Waals surface area contributed by atoms with Gasteiger partial charge in [0.2, 0.25) is 0 Å². The predicted molar refractivity (Wildman–Crippen MR) is 68.8 cm³/mol. The highest BCUT2D eigenvalue weighted by molar-refractivity contribution is 4.78. The van der Waals surface area contributed by atoms with Crippen molar-refractivity contribution in [1.82, 2.24) is 10.2 Å². The van der Waals surface area contributed by atoms with Gasteiger partial charge < -0.3 is 15.0 Å². The molecular weight excluding hydrogens is 200 g/mol. The predicted octanol–water partition coefficient (Wildman–Crippen LogP) is 1.73. The van der Waals surface area contributed by atoms with Crippen LogP contribution in [0.5, 0.6) is 0 Å². The zero-order valence-corrected chi connectivity index (χ0v) is 11.2. The van der Waals surface area contributed by atoms with E-state index >= 15 is 0 Å². The number of ether oxygens (including phenoxy) is 1. The maximum atomic E-state index is 5.19. The molecule has 1 fully saturated rings. The van der Waals surface area contributed by atoms with Crippen molar-refractivity contribution in [2.24, 2.45) is 5.92 Å². The minimum Gasteiger partial charge on any atom is -0.384 e. The van der Waals surface area contributed by atoms with Crippen LogP contribution in [-0.4, -0.2) is 50.8 Å². The fourth-order valence-corrected chi connectivity index (χ4v) is 2.51. The number of likely N-dealkylation sites (tertiary alicyclic amines) is 1. The molecule has 0 aromatic carbocycles. The topological polar surface area (TPSA) is 24.5 Å². The van der Waals surface area contributed by atoms with Crippen molar-refractivity contribution < 1.29 is 4.74 Å². The Hall–Kier alpha value is -0.120. The van der Waals surface area contributed by atoms with Crippen LogP contribution in [0, 0.1) is 5.92 Å². The molecule has 0 aromatic rings. The summed E-state index contributed by atoms with van der Waals surface area (Å²) in [6.45, 7) is 10.2. The maximum Gasteiger partial charge on any atom is 0.0500 e. The van der Waals surface area contributed by atoms with Gasteiger partial charge in [-0.1, -0.05) is 13.8 Å². The highest BCUT2D eigenvalue weighted by Gasteiger charge is 2.20. The van der Waals surface area contributed by atoms with E-state index in [0.29, 0.717) is 12.0 Å². The molecule has 0 amide bonds. The first-order valence-electron chi connectivity index (χ1n) is 6.71. The van der Waals surface area contributed by atoms with E-state index in [9.17, 15) is 0 Å². The lowest BCUT2D eigenvalue weighted by molar-refractivity contribution is 0.112. The van der Waals surface area contributed by atoms with E-state index in [1.54, 1.807) is 7.11 Å². The zero-order valence-electron chi connectivity index (χ0n) is 11.2. The molecule has 1 saturated heterocycles. The van der Waals surface area contributed by atoms with Crippen LogP contribution in [0.25, 0.3) is 0 Å². The van der Waals surface area contributed by atoms with Crippen molar-refractivity contribution >= 4 is 0 Å². The number of nitrogens with zero attached hydrogens (tertiary/aromatic N) is 1. The number of nitrogens with one attached hydrogen (secondary N) is 1. The molecule has 3 nitrogen and oxygen atoms in total. The van der Waals surface area contributed by atoms with Crippen LogP contribution in [0.15, 0.2) is 0 Å². The lowest BCUT2D eigenvalue weighted by atomic mass is 10.0. The summed E-state index contributed by atoms with van der Waals surface area (Å²) in [6.07, 6.45) is 3.91. The first-order valence-corrected chi connectivity index (χ1v) is 6.71. The van der Waals surface area contributed by atoms with Crippen molar-refractivity contribution in [3.8, 4) is 0 Å². The lowest BCUT2D eigenvalue weighted by Gasteiger charge is -2.34. The van der Waals surface area contributed by atoms with Crippen LogP contribution in [0.1, 0.15) is 33.1 Å². The van der Waals surface area contributed by atoms with E-state index in [-0.39, 0.29) is 0 Å². The maximum absolute atomic E-state index is 5.19. The summed E-state index contributed by atoms with van der Waals surface area (Å²) in [6, 6.07) is 0.712. The number of piperidine rings is 1. The molecular formula is C13H28N2O. The first kappa shape index (κ1) is 13.9. The molecule has 96 valence electrons. The summed E-state index contributed by atoms with van der Waals surface area (Å²) in [5.41, 5.74) is 0. The van der Waals surface area contributed by atoms with Crippen LogP contribution in [0.4, 0.5) is 0 Å². The second-order valence-corrected chi connectivity index (χ2v) is 5.11. The molecule has 1 heterocycles. The summed E-state index contributed by atoms with van der Waals surface area (Å²) in [4.78, 5) is 2.58. The van der Waals surface area contributed by atoms with Gasteiger partial charge in [0.15, 0.2) is 0 Å². The third kappa shape index (κ3) is 5.28. The van der Waals surface area contributed by atoms with E-state index in [1.165, 1.54) is 38.9 Å². The van der Waals surface area contributed by atoms with E-state index < -0.39 is 0 Å². The summed E-state index contributed by atoms with van der Waals surface area (Å²) in [5.74, 6) is 0.648. The highest BCUT2D eigenvalue weighted by atomic mass is 16.5. The third-order valence-electron chi connectivity index (χ3n) is 3.21. The van der Waals surface area contributed by atoms with Gasteiger partial charge in [-0.15, -0.1) is 0 Å². The Balaban J connectivity index is 2.21. The number of methoxy groups -OCH3 is 1. The Labute approximate surface area is 101 Å². The average Bonchev–Trinajstić information content (AvgIpc) is 2.27. The Kier molecular flexibility index (Phi) is 7.01. The molecule has 16 heavy (non-hydrogen) atoms. The van der Waals surface area contributed by atoms with Crippen molar-refractivity contribution in [3.63, 3.8) is 0 Å². The summed E-state index contributed by atoms with van der Waals surface area (Å²) in [7, 11) is 1.79. The van der Waals surface area contributed by atoms with Gasteiger partial charge in [0.1, 0.15) is 0 Å². The molecule has 0 aliphatic carbocycles. The van der Waals surface area contributed by atoms with Gasteiger partial charge in [0, 0.05) is 32.8 Å². The molecule has 1 rings (SSSR count). The molecule has 1 aliphatic rings. The molecule has 1 aliphatic heterocycles. The monoisotopic (exact) mass is 228 g/mol. The molecule has 2 atom stereocenters. The zero-order chi connectivity index (χ0) is 11.8. The standard InChI is InChI=1S/C13H28N2O/c1-4-7-14-13-6-5-8-15(10-13)9-12(2)11-16-3/h12-14H,4-11H2,1-3H3. The quantitative estimate of drug-likeness (QED) is 0.718. The fraction of sp³-hybridized carbons (Fsp3) is 1.00. The molecule has 0 spiro atoms. The van der Waals surface area contributed by atoms with Crippen LogP contribution in [0.2, 0.25) is 0 Å². The number of hydrogen-bond donors (Lipinski definition) is 1. The molecule has 3 heteroatoms. The molecule has 2 unspecified atom stereocenters. The average molecular weight is 228 g/mol. The third-order valence-corrected chi connectivity index (χ3v) is 3.21. The number of hydrogen-bond acceptors (Lipinski definition) is 3. The Morgan fingerprint density at radius 1 is 1.50 bits per heavy atom. The van der Waals surface area contributed by atoms with Crippen LogP contribution in [0.3, 0.4) is 0 Å². The Morgan fingerprint density at radius 2 is 2.31 bits per heavy atom. The molecule has 0 bridgehead atoms. The van der Waals surface area contributed by atoms with E-state index in [4.69, 9.17) is 4.74 Å². The van der Waals surface area contributed by atoms with Crippen molar-refractivity contribution in [3.05, 3.63) is 0 Å². The van der Waals surface area contributed by atoms with Crippen LogP contribution < -0.4 is 5.32 Å². The normalized spacial score (nSPS) is 24.6. The van der Waals surface area contributed by atoms with Gasteiger partial charge in [0.25, 0.3) is 0 Å². The molecule has 0 radical (unpaired) electrons. The van der Waals surface area contributed by atoms with E-state index in [2.05, 4.69) is 24.1 Å².